The van der Waals surface area contributed by atoms with Gasteiger partial charge in [-0.1, -0.05) is 19.1 Å². The van der Waals surface area contributed by atoms with Gasteiger partial charge in [-0.15, -0.1) is 0 Å². The van der Waals surface area contributed by atoms with Crippen molar-refractivity contribution in [3.05, 3.63) is 35.6 Å². The first-order chi connectivity index (χ1) is 10.9. The smallest absolute Gasteiger partial charge is 0.224 e. The van der Waals surface area contributed by atoms with Gasteiger partial charge in [0, 0.05) is 19.1 Å². The highest BCUT2D eigenvalue weighted by molar-refractivity contribution is 7.89. The van der Waals surface area contributed by atoms with Crippen molar-refractivity contribution in [3.63, 3.8) is 0 Å². The van der Waals surface area contributed by atoms with Crippen LogP contribution in [0.4, 0.5) is 4.39 Å². The standard InChI is InChI=1S/C16H23FN2O3S/c1-2-10-23(21,22)19-8-6-15(7-9-19)18-16(20)12-13-4-3-5-14(17)11-13/h3-5,11,15H,2,6-10,12H2,1H3,(H,18,20). The third kappa shape index (κ3) is 5.28. The summed E-state index contributed by atoms with van der Waals surface area (Å²) in [5, 5.41) is 2.91. The normalized spacial score (nSPS) is 17.1. The van der Waals surface area contributed by atoms with Crippen molar-refractivity contribution < 1.29 is 17.6 Å². The van der Waals surface area contributed by atoms with Gasteiger partial charge in [0.25, 0.3) is 0 Å². The van der Waals surface area contributed by atoms with Crippen LogP contribution in [0.15, 0.2) is 24.3 Å². The molecule has 1 aliphatic rings. The summed E-state index contributed by atoms with van der Waals surface area (Å²) in [5.74, 6) is -0.348. The Kier molecular flexibility index (Phi) is 6.12. The van der Waals surface area contributed by atoms with Crippen molar-refractivity contribution in [2.24, 2.45) is 0 Å². The van der Waals surface area contributed by atoms with Crippen LogP contribution in [0, 0.1) is 5.82 Å². The molecule has 1 aromatic rings. The van der Waals surface area contributed by atoms with Gasteiger partial charge in [0.15, 0.2) is 0 Å². The second-order valence-electron chi connectivity index (χ2n) is 5.86. The highest BCUT2D eigenvalue weighted by atomic mass is 32.2. The first kappa shape index (κ1) is 17.9. The number of carbonyl (C=O) groups is 1. The minimum Gasteiger partial charge on any atom is -0.353 e. The molecular formula is C16H23FN2O3S. The first-order valence-corrected chi connectivity index (χ1v) is 9.53. The van der Waals surface area contributed by atoms with Crippen molar-refractivity contribution in [3.8, 4) is 0 Å². The number of rotatable bonds is 6. The number of amides is 1. The Hall–Kier alpha value is -1.47. The SMILES string of the molecule is CCCS(=O)(=O)N1CCC(NC(=O)Cc2cccc(F)c2)CC1. The molecule has 5 nitrogen and oxygen atoms in total. The van der Waals surface area contributed by atoms with Crippen LogP contribution in [-0.2, 0) is 21.2 Å². The molecule has 23 heavy (non-hydrogen) atoms. The highest BCUT2D eigenvalue weighted by Gasteiger charge is 2.27. The van der Waals surface area contributed by atoms with E-state index in [0.717, 1.165) is 0 Å². The molecule has 0 atom stereocenters. The molecule has 0 aliphatic carbocycles. The highest BCUT2D eigenvalue weighted by Crippen LogP contribution is 2.15. The minimum absolute atomic E-state index is 0.0239. The van der Waals surface area contributed by atoms with Crippen LogP contribution >= 0.6 is 0 Å². The Morgan fingerprint density at radius 3 is 2.65 bits per heavy atom. The van der Waals surface area contributed by atoms with Gasteiger partial charge in [-0.05, 0) is 37.0 Å². The van der Waals surface area contributed by atoms with E-state index in [1.165, 1.54) is 16.4 Å². The maximum Gasteiger partial charge on any atom is 0.224 e. The minimum atomic E-state index is -3.16. The second kappa shape index (κ2) is 7.88. The summed E-state index contributed by atoms with van der Waals surface area (Å²) in [6.45, 7) is 2.72. The van der Waals surface area contributed by atoms with Gasteiger partial charge in [0.1, 0.15) is 5.82 Å². The van der Waals surface area contributed by atoms with Gasteiger partial charge in [0.2, 0.25) is 15.9 Å². The Morgan fingerprint density at radius 2 is 2.04 bits per heavy atom. The molecule has 0 aromatic heterocycles. The van der Waals surface area contributed by atoms with Gasteiger partial charge in [0.05, 0.1) is 12.2 Å². The summed E-state index contributed by atoms with van der Waals surface area (Å²) in [4.78, 5) is 12.0. The molecule has 2 rings (SSSR count). The van der Waals surface area contributed by atoms with Crippen molar-refractivity contribution in [1.29, 1.82) is 0 Å². The first-order valence-electron chi connectivity index (χ1n) is 7.92. The molecular weight excluding hydrogens is 319 g/mol. The fraction of sp³-hybridized carbons (Fsp3) is 0.562. The number of nitrogens with one attached hydrogen (secondary N) is 1. The summed E-state index contributed by atoms with van der Waals surface area (Å²) >= 11 is 0. The second-order valence-corrected chi connectivity index (χ2v) is 7.95. The molecule has 1 fully saturated rings. The Bertz CT molecular complexity index is 640. The van der Waals surface area contributed by atoms with E-state index in [1.807, 2.05) is 6.92 Å². The van der Waals surface area contributed by atoms with Crippen LogP contribution in [0.2, 0.25) is 0 Å². The average Bonchev–Trinajstić information content (AvgIpc) is 2.47. The third-order valence-electron chi connectivity index (χ3n) is 3.93. The zero-order valence-electron chi connectivity index (χ0n) is 13.3. The predicted octanol–water partition coefficient (Wildman–Crippen LogP) is 1.69. The van der Waals surface area contributed by atoms with Crippen molar-refractivity contribution in [2.45, 2.75) is 38.6 Å². The van der Waals surface area contributed by atoms with Crippen LogP contribution in [0.1, 0.15) is 31.7 Å². The van der Waals surface area contributed by atoms with E-state index < -0.39 is 10.0 Å². The zero-order chi connectivity index (χ0) is 16.9. The molecule has 0 unspecified atom stereocenters. The van der Waals surface area contributed by atoms with E-state index in [1.54, 1.807) is 12.1 Å². The molecule has 0 spiro atoms. The van der Waals surface area contributed by atoms with Crippen LogP contribution < -0.4 is 5.32 Å². The number of hydrogen-bond donors (Lipinski definition) is 1. The number of benzene rings is 1. The van der Waals surface area contributed by atoms with Gasteiger partial charge in [-0.25, -0.2) is 17.1 Å². The van der Waals surface area contributed by atoms with E-state index >= 15 is 0 Å². The number of halogens is 1. The largest absolute Gasteiger partial charge is 0.353 e. The van der Waals surface area contributed by atoms with E-state index in [-0.39, 0.29) is 29.9 Å². The number of carbonyl (C=O) groups excluding carboxylic acids is 1. The summed E-state index contributed by atoms with van der Waals surface area (Å²) < 4.78 is 38.6. The van der Waals surface area contributed by atoms with E-state index in [4.69, 9.17) is 0 Å². The Morgan fingerprint density at radius 1 is 1.35 bits per heavy atom. The molecule has 1 amide bonds. The summed E-state index contributed by atoms with van der Waals surface area (Å²) in [6, 6.07) is 5.95. The lowest BCUT2D eigenvalue weighted by Gasteiger charge is -2.31. The molecule has 7 heteroatoms. The van der Waals surface area contributed by atoms with Crippen molar-refractivity contribution in [1.82, 2.24) is 9.62 Å². The van der Waals surface area contributed by atoms with Crippen LogP contribution in [-0.4, -0.2) is 43.5 Å². The monoisotopic (exact) mass is 342 g/mol. The Balaban J connectivity index is 1.81. The topological polar surface area (TPSA) is 66.5 Å². The fourth-order valence-electron chi connectivity index (χ4n) is 2.78. The van der Waals surface area contributed by atoms with Crippen LogP contribution in [0.3, 0.4) is 0 Å². The summed E-state index contributed by atoms with van der Waals surface area (Å²) in [7, 11) is -3.16. The predicted molar refractivity (Wildman–Crippen MR) is 86.9 cm³/mol. The summed E-state index contributed by atoms with van der Waals surface area (Å²) in [5.41, 5.74) is 0.630. The number of hydrogen-bond acceptors (Lipinski definition) is 3. The molecule has 1 N–H and O–H groups in total. The van der Waals surface area contributed by atoms with E-state index in [0.29, 0.717) is 37.9 Å². The Labute approximate surface area is 136 Å². The fourth-order valence-corrected chi connectivity index (χ4v) is 4.32. The number of sulfonamides is 1. The summed E-state index contributed by atoms with van der Waals surface area (Å²) in [6.07, 6.45) is 1.95. The molecule has 1 saturated heterocycles. The van der Waals surface area contributed by atoms with Crippen molar-refractivity contribution >= 4 is 15.9 Å². The van der Waals surface area contributed by atoms with E-state index in [2.05, 4.69) is 5.32 Å². The van der Waals surface area contributed by atoms with Gasteiger partial charge >= 0.3 is 0 Å². The lowest BCUT2D eigenvalue weighted by Crippen LogP contribution is -2.47. The quantitative estimate of drug-likeness (QED) is 0.855. The number of piperidine rings is 1. The van der Waals surface area contributed by atoms with Crippen molar-refractivity contribution in [2.75, 3.05) is 18.8 Å². The lowest BCUT2D eigenvalue weighted by molar-refractivity contribution is -0.121. The lowest BCUT2D eigenvalue weighted by atomic mass is 10.1. The maximum atomic E-state index is 13.1. The average molecular weight is 342 g/mol. The van der Waals surface area contributed by atoms with Gasteiger partial charge in [-0.2, -0.15) is 0 Å². The molecule has 1 heterocycles. The number of nitrogens with zero attached hydrogens (tertiary/aromatic N) is 1. The zero-order valence-corrected chi connectivity index (χ0v) is 14.1. The molecule has 0 bridgehead atoms. The molecule has 128 valence electrons. The van der Waals surface area contributed by atoms with Crippen LogP contribution in [0.5, 0.6) is 0 Å². The third-order valence-corrected chi connectivity index (χ3v) is 6.00. The molecule has 0 radical (unpaired) electrons. The molecule has 0 saturated carbocycles. The van der Waals surface area contributed by atoms with Crippen LogP contribution in [0.25, 0.3) is 0 Å². The van der Waals surface area contributed by atoms with E-state index in [9.17, 15) is 17.6 Å². The molecule has 1 aliphatic heterocycles. The molecule has 1 aromatic carbocycles. The van der Waals surface area contributed by atoms with Gasteiger partial charge < -0.3 is 5.32 Å². The maximum absolute atomic E-state index is 13.1. The van der Waals surface area contributed by atoms with Gasteiger partial charge in [-0.3, -0.25) is 4.79 Å².